The molecule has 2 saturated carbocycles. The Morgan fingerprint density at radius 2 is 2.05 bits per heavy atom. The van der Waals surface area contributed by atoms with E-state index in [2.05, 4.69) is 13.5 Å². The van der Waals surface area contributed by atoms with E-state index in [9.17, 15) is 15.0 Å². The lowest BCUT2D eigenvalue weighted by atomic mass is 9.67. The Labute approximate surface area is 113 Å². The number of fused-ring (bicyclic) bond motifs is 2. The van der Waals surface area contributed by atoms with Gasteiger partial charge in [0.25, 0.3) is 0 Å². The van der Waals surface area contributed by atoms with Crippen molar-refractivity contribution in [2.24, 2.45) is 23.2 Å². The Hall–Kier alpha value is -0.870. The maximum absolute atomic E-state index is 11.7. The minimum absolute atomic E-state index is 0.273. The molecule has 3 aliphatic rings. The molecule has 1 heterocycles. The minimum Gasteiger partial charge on any atom is -0.458 e. The van der Waals surface area contributed by atoms with Crippen LogP contribution in [0, 0.1) is 23.2 Å². The summed E-state index contributed by atoms with van der Waals surface area (Å²) < 4.78 is 5.36. The molecule has 0 radical (unpaired) electrons. The summed E-state index contributed by atoms with van der Waals surface area (Å²) >= 11 is 0. The van der Waals surface area contributed by atoms with Crippen LogP contribution in [-0.4, -0.2) is 34.5 Å². The van der Waals surface area contributed by atoms with Gasteiger partial charge < -0.3 is 14.9 Å². The Kier molecular flexibility index (Phi) is 2.81. The van der Waals surface area contributed by atoms with Crippen molar-refractivity contribution in [1.29, 1.82) is 0 Å². The maximum Gasteiger partial charge on any atom is 0.334 e. The van der Waals surface area contributed by atoms with Crippen molar-refractivity contribution in [2.75, 3.05) is 0 Å². The third-order valence-electron chi connectivity index (χ3n) is 5.86. The average molecular weight is 266 g/mol. The smallest absolute Gasteiger partial charge is 0.334 e. The molecule has 106 valence electrons. The van der Waals surface area contributed by atoms with Gasteiger partial charge in [-0.2, -0.15) is 0 Å². The fourth-order valence-corrected chi connectivity index (χ4v) is 4.67. The zero-order valence-corrected chi connectivity index (χ0v) is 11.5. The Morgan fingerprint density at radius 1 is 1.37 bits per heavy atom. The number of carbonyl (C=O) groups excluding carboxylic acids is 1. The molecule has 2 N–H and O–H groups in total. The highest BCUT2D eigenvalue weighted by Crippen LogP contribution is 2.56. The topological polar surface area (TPSA) is 66.8 Å². The highest BCUT2D eigenvalue weighted by Gasteiger charge is 2.60. The predicted molar refractivity (Wildman–Crippen MR) is 69.1 cm³/mol. The molecule has 1 saturated heterocycles. The molecule has 0 amide bonds. The van der Waals surface area contributed by atoms with E-state index in [1.54, 1.807) is 0 Å². The Morgan fingerprint density at radius 3 is 2.74 bits per heavy atom. The summed E-state index contributed by atoms with van der Waals surface area (Å²) in [5.74, 6) is -0.159. The van der Waals surface area contributed by atoms with Crippen LogP contribution in [0.5, 0.6) is 0 Å². The van der Waals surface area contributed by atoms with Gasteiger partial charge in [0.15, 0.2) is 0 Å². The highest BCUT2D eigenvalue weighted by atomic mass is 16.6. The molecule has 0 aromatic rings. The molecule has 1 aliphatic heterocycles. The zero-order valence-electron chi connectivity index (χ0n) is 11.5. The molecule has 4 heteroatoms. The van der Waals surface area contributed by atoms with Crippen molar-refractivity contribution >= 4 is 5.97 Å². The minimum atomic E-state index is -0.760. The summed E-state index contributed by atoms with van der Waals surface area (Å²) in [7, 11) is 0. The SMILES string of the molecule is C=C1C(=O)O[C@H]2C[C@@H](C)C3CC[C@H](O)[C@@]3(C)[C@@H](O)[C@H]12. The van der Waals surface area contributed by atoms with Crippen LogP contribution in [0.3, 0.4) is 0 Å². The van der Waals surface area contributed by atoms with Crippen LogP contribution >= 0.6 is 0 Å². The van der Waals surface area contributed by atoms with Crippen LogP contribution in [0.2, 0.25) is 0 Å². The normalized spacial score (nSPS) is 53.5. The maximum atomic E-state index is 11.7. The third-order valence-corrected chi connectivity index (χ3v) is 5.86. The summed E-state index contributed by atoms with van der Waals surface area (Å²) in [6.45, 7) is 7.87. The van der Waals surface area contributed by atoms with Crippen LogP contribution in [0.4, 0.5) is 0 Å². The molecule has 2 aliphatic carbocycles. The van der Waals surface area contributed by atoms with Gasteiger partial charge in [-0.25, -0.2) is 4.79 Å². The number of ether oxygens (including phenoxy) is 1. The lowest BCUT2D eigenvalue weighted by molar-refractivity contribution is -0.140. The van der Waals surface area contributed by atoms with Gasteiger partial charge >= 0.3 is 5.97 Å². The fourth-order valence-electron chi connectivity index (χ4n) is 4.67. The molecule has 4 nitrogen and oxygen atoms in total. The molecule has 3 rings (SSSR count). The van der Waals surface area contributed by atoms with Crippen molar-refractivity contribution in [2.45, 2.75) is 51.4 Å². The van der Waals surface area contributed by atoms with E-state index in [-0.39, 0.29) is 17.9 Å². The molecule has 3 fully saturated rings. The van der Waals surface area contributed by atoms with E-state index in [1.165, 1.54) is 0 Å². The largest absolute Gasteiger partial charge is 0.458 e. The van der Waals surface area contributed by atoms with E-state index in [0.717, 1.165) is 19.3 Å². The van der Waals surface area contributed by atoms with Crippen LogP contribution < -0.4 is 0 Å². The van der Waals surface area contributed by atoms with Gasteiger partial charge in [-0.05, 0) is 31.1 Å². The number of rotatable bonds is 0. The second-order valence-electron chi connectivity index (χ2n) is 6.72. The highest BCUT2D eigenvalue weighted by molar-refractivity contribution is 5.91. The van der Waals surface area contributed by atoms with Crippen LogP contribution in [-0.2, 0) is 9.53 Å². The van der Waals surface area contributed by atoms with Crippen LogP contribution in [0.15, 0.2) is 12.2 Å². The van der Waals surface area contributed by atoms with Gasteiger partial charge in [-0.1, -0.05) is 20.4 Å². The molecule has 0 aromatic heterocycles. The van der Waals surface area contributed by atoms with Gasteiger partial charge in [0.1, 0.15) is 6.10 Å². The van der Waals surface area contributed by atoms with Gasteiger partial charge in [0, 0.05) is 11.0 Å². The number of esters is 1. The summed E-state index contributed by atoms with van der Waals surface area (Å²) in [5.41, 5.74) is -0.193. The standard InChI is InChI=1S/C15H22O4/c1-7-6-10-12(8(2)14(18)19-10)13(17)15(3)9(7)4-5-11(15)16/h7,9-13,16-17H,2,4-6H2,1,3H3/t7-,9?,10+,11+,12-,13+,15+/m1/s1. The monoisotopic (exact) mass is 266 g/mol. The number of carbonyl (C=O) groups is 1. The van der Waals surface area contributed by atoms with Gasteiger partial charge in [0.05, 0.1) is 18.1 Å². The summed E-state index contributed by atoms with van der Waals surface area (Å²) in [6.07, 6.45) is 0.844. The van der Waals surface area contributed by atoms with Crippen molar-refractivity contribution in [1.82, 2.24) is 0 Å². The number of hydrogen-bond donors (Lipinski definition) is 2. The quantitative estimate of drug-likeness (QED) is 0.512. The first-order chi connectivity index (χ1) is 8.87. The molecule has 0 spiro atoms. The number of aliphatic hydroxyl groups is 2. The van der Waals surface area contributed by atoms with Crippen molar-refractivity contribution < 1.29 is 19.7 Å². The first-order valence-corrected chi connectivity index (χ1v) is 7.13. The fraction of sp³-hybridized carbons (Fsp3) is 0.800. The van der Waals surface area contributed by atoms with E-state index in [0.29, 0.717) is 11.5 Å². The van der Waals surface area contributed by atoms with Crippen molar-refractivity contribution in [3.05, 3.63) is 12.2 Å². The molecule has 1 unspecified atom stereocenters. The summed E-state index contributed by atoms with van der Waals surface area (Å²) in [6, 6.07) is 0. The molecule has 7 atom stereocenters. The molecule has 0 aromatic carbocycles. The first kappa shape index (κ1) is 13.1. The Bertz CT molecular complexity index is 432. The van der Waals surface area contributed by atoms with Crippen molar-refractivity contribution in [3.63, 3.8) is 0 Å². The number of aliphatic hydroxyl groups excluding tert-OH is 2. The molecule has 19 heavy (non-hydrogen) atoms. The van der Waals surface area contributed by atoms with E-state index in [4.69, 9.17) is 4.74 Å². The van der Waals surface area contributed by atoms with E-state index < -0.39 is 23.6 Å². The zero-order chi connectivity index (χ0) is 13.9. The van der Waals surface area contributed by atoms with Crippen molar-refractivity contribution in [3.8, 4) is 0 Å². The van der Waals surface area contributed by atoms with E-state index >= 15 is 0 Å². The molecular weight excluding hydrogens is 244 g/mol. The molecular formula is C15H22O4. The lowest BCUT2D eigenvalue weighted by Gasteiger charge is -2.41. The van der Waals surface area contributed by atoms with Gasteiger partial charge in [-0.15, -0.1) is 0 Å². The second kappa shape index (κ2) is 4.06. The van der Waals surface area contributed by atoms with Crippen LogP contribution in [0.25, 0.3) is 0 Å². The van der Waals surface area contributed by atoms with Gasteiger partial charge in [-0.3, -0.25) is 0 Å². The first-order valence-electron chi connectivity index (χ1n) is 7.13. The van der Waals surface area contributed by atoms with Gasteiger partial charge in [0.2, 0.25) is 0 Å². The van der Waals surface area contributed by atoms with Crippen LogP contribution in [0.1, 0.15) is 33.1 Å². The summed E-state index contributed by atoms with van der Waals surface area (Å²) in [4.78, 5) is 11.7. The second-order valence-corrected chi connectivity index (χ2v) is 6.72. The number of hydrogen-bond acceptors (Lipinski definition) is 4. The third kappa shape index (κ3) is 1.56. The molecule has 0 bridgehead atoms. The lowest BCUT2D eigenvalue weighted by Crippen LogP contribution is -2.48. The predicted octanol–water partition coefficient (Wildman–Crippen LogP) is 1.26. The summed E-state index contributed by atoms with van der Waals surface area (Å²) in [5, 5.41) is 21.2. The van der Waals surface area contributed by atoms with E-state index in [1.807, 2.05) is 6.92 Å². The average Bonchev–Trinajstić information content (AvgIpc) is 2.77. The Balaban J connectivity index is 2.04.